The van der Waals surface area contributed by atoms with E-state index in [0.29, 0.717) is 6.04 Å². The molecule has 1 N–H and O–H groups in total. The van der Waals surface area contributed by atoms with Crippen LogP contribution in [0.3, 0.4) is 0 Å². The number of hydrazone groups is 1. The number of para-hydroxylation sites is 1. The Balaban J connectivity index is 1.96. The molecule has 88 valence electrons. The molecule has 1 aromatic carbocycles. The van der Waals surface area contributed by atoms with Gasteiger partial charge in [0.1, 0.15) is 0 Å². The second-order valence-electron chi connectivity index (χ2n) is 4.22. The number of aromatic nitrogens is 1. The minimum Gasteiger partial charge on any atom is -0.351 e. The number of hydrogen-bond donors (Lipinski definition) is 1. The highest BCUT2D eigenvalue weighted by atomic mass is 15.3. The highest BCUT2D eigenvalue weighted by Crippen LogP contribution is 2.07. The molecule has 17 heavy (non-hydrogen) atoms. The molecular formula is C14H17N3. The van der Waals surface area contributed by atoms with E-state index in [9.17, 15) is 0 Å². The van der Waals surface area contributed by atoms with E-state index in [2.05, 4.69) is 47.4 Å². The highest BCUT2D eigenvalue weighted by molar-refractivity contribution is 5.79. The quantitative estimate of drug-likeness (QED) is 0.628. The van der Waals surface area contributed by atoms with Crippen LogP contribution in [0.1, 0.15) is 25.5 Å². The maximum absolute atomic E-state index is 4.20. The average molecular weight is 227 g/mol. The van der Waals surface area contributed by atoms with Gasteiger partial charge in [-0.2, -0.15) is 5.10 Å². The molecule has 0 saturated heterocycles. The van der Waals surface area contributed by atoms with Crippen molar-refractivity contribution in [2.75, 3.05) is 5.43 Å². The molecule has 0 spiro atoms. The summed E-state index contributed by atoms with van der Waals surface area (Å²) in [5.41, 5.74) is 5.08. The first kappa shape index (κ1) is 11.5. The van der Waals surface area contributed by atoms with Crippen molar-refractivity contribution in [3.8, 4) is 0 Å². The van der Waals surface area contributed by atoms with E-state index >= 15 is 0 Å². The zero-order chi connectivity index (χ0) is 12.1. The van der Waals surface area contributed by atoms with Crippen LogP contribution in [0.4, 0.5) is 5.69 Å². The third kappa shape index (κ3) is 3.21. The molecule has 0 aliphatic carbocycles. The Morgan fingerprint density at radius 1 is 1.18 bits per heavy atom. The fraction of sp³-hybridized carbons (Fsp3) is 0.214. The third-order valence-electron chi connectivity index (χ3n) is 2.51. The second-order valence-corrected chi connectivity index (χ2v) is 4.22. The molecule has 3 heteroatoms. The maximum Gasteiger partial charge on any atom is 0.0561 e. The lowest BCUT2D eigenvalue weighted by Gasteiger charge is -2.04. The van der Waals surface area contributed by atoms with Crippen molar-refractivity contribution < 1.29 is 0 Å². The molecule has 0 saturated carbocycles. The van der Waals surface area contributed by atoms with Crippen molar-refractivity contribution >= 4 is 11.9 Å². The van der Waals surface area contributed by atoms with Crippen molar-refractivity contribution in [1.29, 1.82) is 0 Å². The Morgan fingerprint density at radius 2 is 1.94 bits per heavy atom. The van der Waals surface area contributed by atoms with Gasteiger partial charge in [-0.25, -0.2) is 0 Å². The summed E-state index contributed by atoms with van der Waals surface area (Å²) >= 11 is 0. The Bertz CT molecular complexity index is 483. The lowest BCUT2D eigenvalue weighted by Crippen LogP contribution is -1.96. The van der Waals surface area contributed by atoms with Crippen LogP contribution in [-0.2, 0) is 0 Å². The summed E-state index contributed by atoms with van der Waals surface area (Å²) in [7, 11) is 0. The van der Waals surface area contributed by atoms with Gasteiger partial charge in [-0.05, 0) is 32.0 Å². The van der Waals surface area contributed by atoms with E-state index in [1.165, 1.54) is 0 Å². The molecule has 0 fully saturated rings. The lowest BCUT2D eigenvalue weighted by molar-refractivity contribution is 0.603. The van der Waals surface area contributed by atoms with Gasteiger partial charge < -0.3 is 4.57 Å². The fourth-order valence-electron chi connectivity index (χ4n) is 1.52. The molecule has 2 rings (SSSR count). The fourth-order valence-corrected chi connectivity index (χ4v) is 1.52. The van der Waals surface area contributed by atoms with Gasteiger partial charge >= 0.3 is 0 Å². The van der Waals surface area contributed by atoms with E-state index in [-0.39, 0.29) is 0 Å². The normalized spacial score (nSPS) is 11.2. The van der Waals surface area contributed by atoms with Gasteiger partial charge in [0.05, 0.1) is 11.9 Å². The minimum absolute atomic E-state index is 0.485. The molecule has 0 bridgehead atoms. The van der Waals surface area contributed by atoms with Crippen LogP contribution in [0.25, 0.3) is 0 Å². The SMILES string of the molecule is CC(C)n1ccc(/C=N\Nc2ccccc2)c1. The van der Waals surface area contributed by atoms with Crippen LogP contribution < -0.4 is 5.43 Å². The molecule has 0 amide bonds. The Kier molecular flexibility index (Phi) is 3.60. The molecule has 0 aliphatic rings. The van der Waals surface area contributed by atoms with Crippen molar-refractivity contribution in [2.24, 2.45) is 5.10 Å². The van der Waals surface area contributed by atoms with Crippen molar-refractivity contribution in [3.63, 3.8) is 0 Å². The van der Waals surface area contributed by atoms with E-state index in [4.69, 9.17) is 0 Å². The van der Waals surface area contributed by atoms with Crippen molar-refractivity contribution in [3.05, 3.63) is 54.4 Å². The van der Waals surface area contributed by atoms with E-state index in [1.54, 1.807) is 0 Å². The minimum atomic E-state index is 0.485. The molecule has 0 atom stereocenters. The third-order valence-corrected chi connectivity index (χ3v) is 2.51. The maximum atomic E-state index is 4.20. The second kappa shape index (κ2) is 5.34. The number of hydrogen-bond acceptors (Lipinski definition) is 2. The first-order chi connectivity index (χ1) is 8.25. The molecular weight excluding hydrogens is 210 g/mol. The topological polar surface area (TPSA) is 29.3 Å². The number of nitrogens with one attached hydrogen (secondary N) is 1. The Morgan fingerprint density at radius 3 is 2.59 bits per heavy atom. The predicted octanol–water partition coefficient (Wildman–Crippen LogP) is 3.52. The van der Waals surface area contributed by atoms with E-state index in [0.717, 1.165) is 11.3 Å². The molecule has 3 nitrogen and oxygen atoms in total. The first-order valence-electron chi connectivity index (χ1n) is 5.77. The monoisotopic (exact) mass is 227 g/mol. The summed E-state index contributed by atoms with van der Waals surface area (Å²) in [6.07, 6.45) is 5.97. The van der Waals surface area contributed by atoms with Crippen LogP contribution in [-0.4, -0.2) is 10.8 Å². The van der Waals surface area contributed by atoms with E-state index in [1.807, 2.05) is 36.5 Å². The van der Waals surface area contributed by atoms with Crippen LogP contribution >= 0.6 is 0 Å². The Hall–Kier alpha value is -2.03. The van der Waals surface area contributed by atoms with Crippen LogP contribution in [0, 0.1) is 0 Å². The van der Waals surface area contributed by atoms with Gasteiger partial charge in [-0.1, -0.05) is 18.2 Å². The van der Waals surface area contributed by atoms with Gasteiger partial charge in [0, 0.05) is 24.0 Å². The summed E-state index contributed by atoms with van der Waals surface area (Å²) in [6.45, 7) is 4.31. The van der Waals surface area contributed by atoms with Gasteiger partial charge in [-0.15, -0.1) is 0 Å². The first-order valence-corrected chi connectivity index (χ1v) is 5.77. The summed E-state index contributed by atoms with van der Waals surface area (Å²) in [4.78, 5) is 0. The van der Waals surface area contributed by atoms with Gasteiger partial charge in [0.15, 0.2) is 0 Å². The molecule has 2 aromatic rings. The van der Waals surface area contributed by atoms with Gasteiger partial charge in [0.2, 0.25) is 0 Å². The summed E-state index contributed by atoms with van der Waals surface area (Å²) in [5, 5.41) is 4.20. The summed E-state index contributed by atoms with van der Waals surface area (Å²) < 4.78 is 2.16. The number of nitrogens with zero attached hydrogens (tertiary/aromatic N) is 2. The molecule has 0 radical (unpaired) electrons. The van der Waals surface area contributed by atoms with Crippen molar-refractivity contribution in [1.82, 2.24) is 4.57 Å². The predicted molar refractivity (Wildman–Crippen MR) is 72.5 cm³/mol. The molecule has 0 unspecified atom stereocenters. The number of anilines is 1. The van der Waals surface area contributed by atoms with Crippen LogP contribution in [0.5, 0.6) is 0 Å². The number of benzene rings is 1. The molecule has 1 aromatic heterocycles. The zero-order valence-electron chi connectivity index (χ0n) is 10.2. The average Bonchev–Trinajstić information content (AvgIpc) is 2.79. The van der Waals surface area contributed by atoms with E-state index < -0.39 is 0 Å². The van der Waals surface area contributed by atoms with Crippen LogP contribution in [0.15, 0.2) is 53.9 Å². The van der Waals surface area contributed by atoms with Gasteiger partial charge in [-0.3, -0.25) is 5.43 Å². The Labute approximate surface area is 102 Å². The molecule has 0 aliphatic heterocycles. The summed E-state index contributed by atoms with van der Waals surface area (Å²) in [5.74, 6) is 0. The number of rotatable bonds is 4. The smallest absolute Gasteiger partial charge is 0.0561 e. The summed E-state index contributed by atoms with van der Waals surface area (Å²) in [6, 6.07) is 12.4. The van der Waals surface area contributed by atoms with Gasteiger partial charge in [0.25, 0.3) is 0 Å². The largest absolute Gasteiger partial charge is 0.351 e. The van der Waals surface area contributed by atoms with Crippen molar-refractivity contribution in [2.45, 2.75) is 19.9 Å². The highest BCUT2D eigenvalue weighted by Gasteiger charge is 1.97. The van der Waals surface area contributed by atoms with Crippen LogP contribution in [0.2, 0.25) is 0 Å². The standard InChI is InChI=1S/C14H17N3/c1-12(2)17-9-8-13(11-17)10-15-16-14-6-4-3-5-7-14/h3-12,16H,1-2H3/b15-10-. The lowest BCUT2D eigenvalue weighted by atomic mass is 10.3. The zero-order valence-corrected chi connectivity index (χ0v) is 10.2. The molecule has 1 heterocycles.